The van der Waals surface area contributed by atoms with Crippen molar-refractivity contribution in [3.05, 3.63) is 47.5 Å². The Labute approximate surface area is 127 Å². The second-order valence-electron chi connectivity index (χ2n) is 5.39. The molecule has 5 heteroatoms. The van der Waals surface area contributed by atoms with Crippen molar-refractivity contribution in [2.24, 2.45) is 17.4 Å². The zero-order chi connectivity index (χ0) is 15.9. The van der Waals surface area contributed by atoms with E-state index in [4.69, 9.17) is 10.4 Å². The Morgan fingerprint density at radius 3 is 1.59 bits per heavy atom. The minimum Gasteiger partial charge on any atom is -0.411 e. The molecule has 0 fully saturated rings. The number of hydrogen-bond donors (Lipinski definition) is 2. The van der Waals surface area contributed by atoms with E-state index in [0.717, 1.165) is 32.9 Å². The van der Waals surface area contributed by atoms with Crippen LogP contribution in [-0.4, -0.2) is 26.4 Å². The van der Waals surface area contributed by atoms with Crippen LogP contribution in [0.4, 0.5) is 0 Å². The number of aryl methyl sites for hydroxylation is 1. The second kappa shape index (κ2) is 5.18. The lowest BCUT2D eigenvalue weighted by molar-refractivity contribution is 0.319. The summed E-state index contributed by atoms with van der Waals surface area (Å²) in [5.74, 6) is 0. The van der Waals surface area contributed by atoms with Crippen molar-refractivity contribution >= 4 is 33.2 Å². The maximum absolute atomic E-state index is 8.97. The highest BCUT2D eigenvalue weighted by atomic mass is 16.4. The largest absolute Gasteiger partial charge is 0.411 e. The Hall–Kier alpha value is -2.82. The van der Waals surface area contributed by atoms with Crippen molar-refractivity contribution in [3.63, 3.8) is 0 Å². The molecule has 0 aliphatic carbocycles. The van der Waals surface area contributed by atoms with Gasteiger partial charge in [0.15, 0.2) is 0 Å². The zero-order valence-electron chi connectivity index (χ0n) is 12.7. The predicted molar refractivity (Wildman–Crippen MR) is 88.4 cm³/mol. The molecule has 0 aliphatic heterocycles. The van der Waals surface area contributed by atoms with Gasteiger partial charge in [0.2, 0.25) is 0 Å². The Balaban J connectivity index is 2.38. The molecule has 0 bridgehead atoms. The molecule has 0 radical (unpaired) electrons. The first-order valence-corrected chi connectivity index (χ1v) is 6.97. The van der Waals surface area contributed by atoms with Crippen LogP contribution in [0.3, 0.4) is 0 Å². The van der Waals surface area contributed by atoms with Gasteiger partial charge in [-0.05, 0) is 49.2 Å². The molecule has 1 aromatic heterocycles. The standard InChI is InChI=1S/C17H17N3O2/c1-10(18-21)12-4-6-16-14(8-12)15-9-13(11(2)19-22)5-7-17(15)20(16)3/h4-9,21-22H,1-3H3/b18-10+,19-11+. The summed E-state index contributed by atoms with van der Waals surface area (Å²) in [6.45, 7) is 3.53. The molecule has 0 aliphatic rings. The molecule has 0 spiro atoms. The molecule has 5 nitrogen and oxygen atoms in total. The van der Waals surface area contributed by atoms with E-state index in [0.29, 0.717) is 11.4 Å². The van der Waals surface area contributed by atoms with Crippen molar-refractivity contribution in [3.8, 4) is 0 Å². The fraction of sp³-hybridized carbons (Fsp3) is 0.176. The Kier molecular flexibility index (Phi) is 3.33. The summed E-state index contributed by atoms with van der Waals surface area (Å²) < 4.78 is 2.12. The average Bonchev–Trinajstić information content (AvgIpc) is 2.85. The predicted octanol–water partition coefficient (Wildman–Crippen LogP) is 3.73. The van der Waals surface area contributed by atoms with Gasteiger partial charge in [0, 0.05) is 28.9 Å². The summed E-state index contributed by atoms with van der Waals surface area (Å²) in [5.41, 5.74) is 5.09. The van der Waals surface area contributed by atoms with Crippen molar-refractivity contribution in [2.45, 2.75) is 13.8 Å². The van der Waals surface area contributed by atoms with Crippen molar-refractivity contribution in [1.29, 1.82) is 0 Å². The molecule has 2 aromatic carbocycles. The van der Waals surface area contributed by atoms with Crippen LogP contribution in [0.25, 0.3) is 21.8 Å². The van der Waals surface area contributed by atoms with Gasteiger partial charge in [0.05, 0.1) is 11.4 Å². The number of rotatable bonds is 2. The molecular weight excluding hydrogens is 278 g/mol. The number of hydrogen-bond acceptors (Lipinski definition) is 4. The summed E-state index contributed by atoms with van der Waals surface area (Å²) in [4.78, 5) is 0. The van der Waals surface area contributed by atoms with Gasteiger partial charge in [0.25, 0.3) is 0 Å². The molecule has 3 rings (SSSR count). The molecule has 2 N–H and O–H groups in total. The summed E-state index contributed by atoms with van der Waals surface area (Å²) in [6.07, 6.45) is 0. The molecule has 0 saturated carbocycles. The van der Waals surface area contributed by atoms with Gasteiger partial charge >= 0.3 is 0 Å². The number of aromatic nitrogens is 1. The summed E-state index contributed by atoms with van der Waals surface area (Å²) >= 11 is 0. The van der Waals surface area contributed by atoms with E-state index in [1.54, 1.807) is 13.8 Å². The number of nitrogens with zero attached hydrogens (tertiary/aromatic N) is 3. The van der Waals surface area contributed by atoms with Crippen molar-refractivity contribution in [1.82, 2.24) is 4.57 Å². The first kappa shape index (κ1) is 14.1. The molecule has 0 amide bonds. The average molecular weight is 295 g/mol. The first-order valence-electron chi connectivity index (χ1n) is 6.97. The van der Waals surface area contributed by atoms with Crippen LogP contribution in [0.2, 0.25) is 0 Å². The normalized spacial score (nSPS) is 13.2. The quantitative estimate of drug-likeness (QED) is 0.429. The molecule has 3 aromatic rings. The Morgan fingerprint density at radius 1 is 0.818 bits per heavy atom. The van der Waals surface area contributed by atoms with Crippen LogP contribution in [0.5, 0.6) is 0 Å². The molecule has 112 valence electrons. The fourth-order valence-electron chi connectivity index (χ4n) is 2.78. The van der Waals surface area contributed by atoms with E-state index in [2.05, 4.69) is 14.9 Å². The van der Waals surface area contributed by atoms with Crippen LogP contribution < -0.4 is 0 Å². The highest BCUT2D eigenvalue weighted by Gasteiger charge is 2.11. The first-order chi connectivity index (χ1) is 10.6. The van der Waals surface area contributed by atoms with E-state index in [1.807, 2.05) is 43.4 Å². The molecule has 0 unspecified atom stereocenters. The van der Waals surface area contributed by atoms with Gasteiger partial charge in [-0.25, -0.2) is 0 Å². The third kappa shape index (κ3) is 2.02. The molecule has 0 saturated heterocycles. The number of benzene rings is 2. The number of fused-ring (bicyclic) bond motifs is 3. The van der Waals surface area contributed by atoms with E-state index >= 15 is 0 Å². The highest BCUT2D eigenvalue weighted by molar-refractivity contribution is 6.13. The SMILES string of the molecule is C/C(=N\O)c1ccc2c(c1)c1cc(/C(C)=N/O)ccc1n2C. The van der Waals surface area contributed by atoms with Crippen LogP contribution >= 0.6 is 0 Å². The van der Waals surface area contributed by atoms with Crippen LogP contribution in [-0.2, 0) is 7.05 Å². The maximum atomic E-state index is 8.97. The topological polar surface area (TPSA) is 70.1 Å². The maximum Gasteiger partial charge on any atom is 0.0837 e. The third-order valence-electron chi connectivity index (χ3n) is 4.14. The van der Waals surface area contributed by atoms with Crippen molar-refractivity contribution < 1.29 is 10.4 Å². The fourth-order valence-corrected chi connectivity index (χ4v) is 2.78. The van der Waals surface area contributed by atoms with E-state index in [-0.39, 0.29) is 0 Å². The van der Waals surface area contributed by atoms with E-state index < -0.39 is 0 Å². The minimum absolute atomic E-state index is 0.572. The van der Waals surface area contributed by atoms with Crippen LogP contribution in [0.15, 0.2) is 46.7 Å². The van der Waals surface area contributed by atoms with Crippen molar-refractivity contribution in [2.75, 3.05) is 0 Å². The molecule has 0 atom stereocenters. The van der Waals surface area contributed by atoms with E-state index in [9.17, 15) is 0 Å². The minimum atomic E-state index is 0.572. The summed E-state index contributed by atoms with van der Waals surface area (Å²) in [6, 6.07) is 12.0. The summed E-state index contributed by atoms with van der Waals surface area (Å²) in [7, 11) is 2.02. The Morgan fingerprint density at radius 2 is 1.23 bits per heavy atom. The lowest BCUT2D eigenvalue weighted by Gasteiger charge is -2.00. The number of oxime groups is 2. The van der Waals surface area contributed by atoms with Crippen LogP contribution in [0, 0.1) is 0 Å². The van der Waals surface area contributed by atoms with Gasteiger partial charge < -0.3 is 15.0 Å². The highest BCUT2D eigenvalue weighted by Crippen LogP contribution is 2.30. The molecule has 22 heavy (non-hydrogen) atoms. The monoisotopic (exact) mass is 295 g/mol. The zero-order valence-corrected chi connectivity index (χ0v) is 12.7. The van der Waals surface area contributed by atoms with Gasteiger partial charge in [0.1, 0.15) is 0 Å². The molecule has 1 heterocycles. The van der Waals surface area contributed by atoms with Gasteiger partial charge in [-0.15, -0.1) is 0 Å². The lowest BCUT2D eigenvalue weighted by Crippen LogP contribution is -1.94. The summed E-state index contributed by atoms with van der Waals surface area (Å²) in [5, 5.41) is 26.6. The Bertz CT molecular complexity index is 861. The third-order valence-corrected chi connectivity index (χ3v) is 4.14. The van der Waals surface area contributed by atoms with E-state index in [1.165, 1.54) is 0 Å². The lowest BCUT2D eigenvalue weighted by atomic mass is 10.0. The van der Waals surface area contributed by atoms with Gasteiger partial charge in [-0.2, -0.15) is 0 Å². The van der Waals surface area contributed by atoms with Gasteiger partial charge in [-0.3, -0.25) is 0 Å². The smallest absolute Gasteiger partial charge is 0.0837 e. The van der Waals surface area contributed by atoms with Gasteiger partial charge in [-0.1, -0.05) is 22.4 Å². The van der Waals surface area contributed by atoms with Crippen LogP contribution in [0.1, 0.15) is 25.0 Å². The molecular formula is C17H17N3O2. The second-order valence-corrected chi connectivity index (χ2v) is 5.39.